The van der Waals surface area contributed by atoms with Crippen LogP contribution in [0.2, 0.25) is 0 Å². The summed E-state index contributed by atoms with van der Waals surface area (Å²) in [5, 5.41) is 0. The molecule has 0 saturated heterocycles. The molecule has 31 heavy (non-hydrogen) atoms. The summed E-state index contributed by atoms with van der Waals surface area (Å²) >= 11 is 0. The van der Waals surface area contributed by atoms with E-state index in [0.717, 1.165) is 0 Å². The molecule has 1 atom stereocenters. The molecule has 0 aliphatic rings. The third kappa shape index (κ3) is 6.03. The van der Waals surface area contributed by atoms with E-state index in [1.807, 2.05) is 0 Å². The molecule has 0 aliphatic heterocycles. The van der Waals surface area contributed by atoms with Crippen LogP contribution < -0.4 is 11.6 Å². The number of anilines is 1. The normalized spacial score (nSPS) is 11.5. The number of nitrogen functional groups attached to an aromatic ring is 1. The second-order valence-corrected chi connectivity index (χ2v) is 5.92. The SMILES string of the molecule is C#C.COC(CCn1cnc2c(N)nc(F)nc21)COC(=O)OCc1oc(=O)oc1C. The predicted molar refractivity (Wildman–Crippen MR) is 103 cm³/mol. The number of hydrogen-bond donors (Lipinski definition) is 1. The lowest BCUT2D eigenvalue weighted by molar-refractivity contribution is -0.00627. The third-order valence-corrected chi connectivity index (χ3v) is 4.03. The first-order valence-electron chi connectivity index (χ1n) is 8.76. The topological polar surface area (TPSA) is 158 Å². The van der Waals surface area contributed by atoms with Gasteiger partial charge in [-0.1, -0.05) is 0 Å². The Morgan fingerprint density at radius 1 is 1.32 bits per heavy atom. The zero-order valence-electron chi connectivity index (χ0n) is 16.7. The molecule has 12 nitrogen and oxygen atoms in total. The first kappa shape index (κ1) is 23.4. The van der Waals surface area contributed by atoms with E-state index in [9.17, 15) is 14.0 Å². The van der Waals surface area contributed by atoms with E-state index < -0.39 is 24.2 Å². The zero-order chi connectivity index (χ0) is 23.0. The van der Waals surface area contributed by atoms with Gasteiger partial charge in [0.15, 0.2) is 29.6 Å². The van der Waals surface area contributed by atoms with Crippen molar-refractivity contribution in [3.8, 4) is 12.8 Å². The Bertz CT molecular complexity index is 1100. The van der Waals surface area contributed by atoms with Crippen LogP contribution in [-0.4, -0.2) is 45.5 Å². The summed E-state index contributed by atoms with van der Waals surface area (Å²) in [5.74, 6) is -0.626. The van der Waals surface area contributed by atoms with Gasteiger partial charge in [0, 0.05) is 13.7 Å². The molecule has 3 aromatic heterocycles. The molecule has 0 radical (unpaired) electrons. The fraction of sp³-hybridized carbons (Fsp3) is 0.389. The van der Waals surface area contributed by atoms with Crippen molar-refractivity contribution in [2.45, 2.75) is 32.6 Å². The van der Waals surface area contributed by atoms with Gasteiger partial charge in [0.25, 0.3) is 0 Å². The van der Waals surface area contributed by atoms with Gasteiger partial charge in [0.05, 0.1) is 12.4 Å². The van der Waals surface area contributed by atoms with E-state index in [-0.39, 0.29) is 36.2 Å². The Kier molecular flexibility index (Phi) is 8.09. The van der Waals surface area contributed by atoms with Crippen molar-refractivity contribution < 1.29 is 32.2 Å². The highest BCUT2D eigenvalue weighted by atomic mass is 19.1. The van der Waals surface area contributed by atoms with Gasteiger partial charge in [-0.15, -0.1) is 12.8 Å². The number of carbonyl (C=O) groups is 1. The molecule has 1 unspecified atom stereocenters. The molecular weight excluding hydrogens is 417 g/mol. The van der Waals surface area contributed by atoms with Gasteiger partial charge in [-0.25, -0.2) is 14.6 Å². The summed E-state index contributed by atoms with van der Waals surface area (Å²) in [4.78, 5) is 33.8. The minimum atomic E-state index is -0.967. The number of carbonyl (C=O) groups excluding carboxylic acids is 1. The quantitative estimate of drug-likeness (QED) is 0.308. The smallest absolute Gasteiger partial charge is 0.432 e. The van der Waals surface area contributed by atoms with Gasteiger partial charge in [-0.3, -0.25) is 0 Å². The second kappa shape index (κ2) is 10.7. The first-order valence-corrected chi connectivity index (χ1v) is 8.76. The van der Waals surface area contributed by atoms with Crippen molar-refractivity contribution in [3.63, 3.8) is 0 Å². The molecule has 3 aromatic rings. The summed E-state index contributed by atoms with van der Waals surface area (Å²) in [6, 6.07) is 0. The van der Waals surface area contributed by atoms with Crippen molar-refractivity contribution in [1.82, 2.24) is 19.5 Å². The number of hydrogen-bond acceptors (Lipinski definition) is 11. The first-order chi connectivity index (χ1) is 14.9. The number of rotatable bonds is 8. The van der Waals surface area contributed by atoms with E-state index in [4.69, 9.17) is 24.4 Å². The number of nitrogens with zero attached hydrogens (tertiary/aromatic N) is 4. The van der Waals surface area contributed by atoms with Crippen molar-refractivity contribution >= 4 is 23.1 Å². The molecule has 3 heterocycles. The molecule has 166 valence electrons. The zero-order valence-corrected chi connectivity index (χ0v) is 16.7. The molecule has 0 aliphatic carbocycles. The van der Waals surface area contributed by atoms with Crippen LogP contribution in [0.5, 0.6) is 0 Å². The number of imidazole rings is 1. The molecule has 2 N–H and O–H groups in total. The fourth-order valence-electron chi connectivity index (χ4n) is 2.49. The molecule has 0 spiro atoms. The Morgan fingerprint density at radius 2 is 2.06 bits per heavy atom. The predicted octanol–water partition coefficient (Wildman–Crippen LogP) is 1.41. The number of methoxy groups -OCH3 is 1. The van der Waals surface area contributed by atoms with Crippen LogP contribution in [-0.2, 0) is 27.4 Å². The number of nitrogens with two attached hydrogens (primary N) is 1. The van der Waals surface area contributed by atoms with Gasteiger partial charge in [-0.2, -0.15) is 14.4 Å². The number of aromatic nitrogens is 4. The molecule has 13 heteroatoms. The van der Waals surface area contributed by atoms with Crippen LogP contribution in [0, 0.1) is 25.8 Å². The van der Waals surface area contributed by atoms with Gasteiger partial charge >= 0.3 is 18.1 Å². The van der Waals surface area contributed by atoms with Crippen LogP contribution in [0.3, 0.4) is 0 Å². The molecule has 0 bridgehead atoms. The molecule has 0 amide bonds. The Morgan fingerprint density at radius 3 is 2.71 bits per heavy atom. The van der Waals surface area contributed by atoms with Gasteiger partial charge in [0.1, 0.15) is 12.1 Å². The Hall–Kier alpha value is -3.92. The standard InChI is InChI=1S/C16H18FN5O7.C2H2/c1-8-10(29-16(24)28-8)6-27-15(23)26-5-9(25-2)3-4-22-7-19-11-12(18)20-14(17)21-13(11)22;1-2/h7,9H,3-6H2,1-2H3,(H2,18,20,21);1-2H. The van der Waals surface area contributed by atoms with Crippen molar-refractivity contribution in [3.05, 3.63) is 34.5 Å². The van der Waals surface area contributed by atoms with Crippen molar-refractivity contribution in [2.24, 2.45) is 0 Å². The number of terminal acetylenes is 1. The minimum Gasteiger partial charge on any atom is -0.432 e. The second-order valence-electron chi connectivity index (χ2n) is 5.92. The lowest BCUT2D eigenvalue weighted by Crippen LogP contribution is -2.23. The molecule has 0 saturated carbocycles. The Balaban J connectivity index is 0.00000166. The minimum absolute atomic E-state index is 0.0516. The maximum atomic E-state index is 13.4. The van der Waals surface area contributed by atoms with Crippen molar-refractivity contribution in [2.75, 3.05) is 19.5 Å². The van der Waals surface area contributed by atoms with Crippen molar-refractivity contribution in [1.29, 1.82) is 0 Å². The van der Waals surface area contributed by atoms with Gasteiger partial charge in [0.2, 0.25) is 0 Å². The summed E-state index contributed by atoms with van der Waals surface area (Å²) in [6.45, 7) is 1.45. The molecular formula is C18H20FN5O7. The number of halogens is 1. The number of aryl methyl sites for hydroxylation is 2. The maximum absolute atomic E-state index is 13.4. The monoisotopic (exact) mass is 437 g/mol. The van der Waals surface area contributed by atoms with E-state index in [1.54, 1.807) is 4.57 Å². The van der Waals surface area contributed by atoms with E-state index in [0.29, 0.717) is 18.5 Å². The van der Waals surface area contributed by atoms with Crippen LogP contribution >= 0.6 is 0 Å². The lowest BCUT2D eigenvalue weighted by Gasteiger charge is -2.15. The largest absolute Gasteiger partial charge is 0.519 e. The number of ether oxygens (including phenoxy) is 3. The molecule has 3 rings (SSSR count). The highest BCUT2D eigenvalue weighted by Crippen LogP contribution is 2.16. The van der Waals surface area contributed by atoms with E-state index >= 15 is 0 Å². The van der Waals surface area contributed by atoms with Crippen LogP contribution in [0.15, 0.2) is 20.0 Å². The van der Waals surface area contributed by atoms with Gasteiger partial charge in [-0.05, 0) is 13.3 Å². The Labute approximate surface area is 175 Å². The molecule has 0 fully saturated rings. The fourth-order valence-corrected chi connectivity index (χ4v) is 2.49. The third-order valence-electron chi connectivity index (χ3n) is 4.03. The summed E-state index contributed by atoms with van der Waals surface area (Å²) in [6.07, 6.45) is 7.47. The maximum Gasteiger partial charge on any atom is 0.519 e. The number of fused-ring (bicyclic) bond motifs is 1. The highest BCUT2D eigenvalue weighted by molar-refractivity contribution is 5.81. The molecule has 0 aromatic carbocycles. The summed E-state index contributed by atoms with van der Waals surface area (Å²) < 4.78 is 39.4. The van der Waals surface area contributed by atoms with Crippen LogP contribution in [0.4, 0.5) is 15.0 Å². The lowest BCUT2D eigenvalue weighted by atomic mass is 10.2. The van der Waals surface area contributed by atoms with E-state index in [1.165, 1.54) is 20.4 Å². The van der Waals surface area contributed by atoms with Crippen LogP contribution in [0.1, 0.15) is 17.9 Å². The summed E-state index contributed by atoms with van der Waals surface area (Å²) in [5.41, 5.74) is 6.17. The van der Waals surface area contributed by atoms with Gasteiger partial charge < -0.3 is 33.3 Å². The van der Waals surface area contributed by atoms with Crippen LogP contribution in [0.25, 0.3) is 11.2 Å². The average molecular weight is 437 g/mol. The highest BCUT2D eigenvalue weighted by Gasteiger charge is 2.17. The summed E-state index contributed by atoms with van der Waals surface area (Å²) in [7, 11) is 1.45. The van der Waals surface area contributed by atoms with E-state index in [2.05, 4.69) is 32.2 Å². The average Bonchev–Trinajstić information content (AvgIpc) is 3.30.